The Labute approximate surface area is 139 Å². The van der Waals surface area contributed by atoms with E-state index in [9.17, 15) is 24.6 Å². The van der Waals surface area contributed by atoms with E-state index in [0.717, 1.165) is 5.56 Å². The molecule has 0 spiro atoms. The number of primary amides is 1. The van der Waals surface area contributed by atoms with Crippen LogP contribution in [0.3, 0.4) is 0 Å². The van der Waals surface area contributed by atoms with E-state index in [1.54, 1.807) is 25.1 Å². The molecule has 0 unspecified atom stereocenters. The average molecular weight is 333 g/mol. The third-order valence-corrected chi connectivity index (χ3v) is 3.12. The first-order valence-electron chi connectivity index (χ1n) is 7.11. The number of aliphatic hydroxyl groups is 2. The van der Waals surface area contributed by atoms with Gasteiger partial charge in [0.2, 0.25) is 5.78 Å². The summed E-state index contributed by atoms with van der Waals surface area (Å²) in [7, 11) is 0. The van der Waals surface area contributed by atoms with E-state index in [1.807, 2.05) is 6.92 Å². The molecule has 7 nitrogen and oxygen atoms in total. The monoisotopic (exact) mass is 333 g/mol. The summed E-state index contributed by atoms with van der Waals surface area (Å²) in [4.78, 5) is 34.9. The van der Waals surface area contributed by atoms with E-state index in [1.165, 1.54) is 6.92 Å². The van der Waals surface area contributed by atoms with Gasteiger partial charge in [-0.05, 0) is 26.3 Å². The zero-order chi connectivity index (χ0) is 18.4. The fourth-order valence-electron chi connectivity index (χ4n) is 2.01. The quantitative estimate of drug-likeness (QED) is 0.239. The molecule has 0 bridgehead atoms. The van der Waals surface area contributed by atoms with Crippen molar-refractivity contribution in [2.24, 2.45) is 5.73 Å². The highest BCUT2D eigenvalue weighted by Crippen LogP contribution is 2.19. The zero-order valence-electron chi connectivity index (χ0n) is 13.6. The van der Waals surface area contributed by atoms with Gasteiger partial charge in [0, 0.05) is 11.6 Å². The Bertz CT molecular complexity index is 745. The number of nitrogens with two attached hydrogens (primary N) is 1. The highest BCUT2D eigenvalue weighted by molar-refractivity contribution is 6.22. The Morgan fingerprint density at radius 1 is 1.21 bits per heavy atom. The van der Waals surface area contributed by atoms with E-state index in [4.69, 9.17) is 5.73 Å². The number of hydrogen-bond acceptors (Lipinski definition) is 6. The Morgan fingerprint density at radius 3 is 2.33 bits per heavy atom. The number of aliphatic hydroxyl groups excluding tert-OH is 2. The van der Waals surface area contributed by atoms with Crippen molar-refractivity contribution in [1.29, 1.82) is 0 Å². The summed E-state index contributed by atoms with van der Waals surface area (Å²) in [5.74, 6) is -5.27. The number of amides is 1. The largest absolute Gasteiger partial charge is 0.507 e. The molecule has 1 rings (SSSR count). The fraction of sp³-hybridized carbons (Fsp3) is 0.235. The Morgan fingerprint density at radius 2 is 1.83 bits per heavy atom. The molecule has 0 radical (unpaired) electrons. The molecular weight excluding hydrogens is 314 g/mol. The number of esters is 1. The number of carbonyl (C=O) groups excluding carboxylic acids is 3. The summed E-state index contributed by atoms with van der Waals surface area (Å²) >= 11 is 0. The van der Waals surface area contributed by atoms with Crippen molar-refractivity contribution >= 4 is 23.4 Å². The lowest BCUT2D eigenvalue weighted by Crippen LogP contribution is -2.26. The van der Waals surface area contributed by atoms with Crippen LogP contribution in [0.2, 0.25) is 0 Å². The lowest BCUT2D eigenvalue weighted by atomic mass is 10.0. The molecule has 0 aliphatic heterocycles. The molecular formula is C17H19NO6. The molecule has 1 amide bonds. The van der Waals surface area contributed by atoms with Crippen LogP contribution in [0, 0.1) is 13.8 Å². The second-order valence-corrected chi connectivity index (χ2v) is 5.02. The van der Waals surface area contributed by atoms with Crippen LogP contribution in [-0.4, -0.2) is 34.5 Å². The molecule has 128 valence electrons. The van der Waals surface area contributed by atoms with Crippen LogP contribution >= 0.6 is 0 Å². The first kappa shape index (κ1) is 19.0. The standard InChI is InChI=1S/C17H19NO6/c1-4-24-17(23)14(16(18)22)15(21)13(20)8-12(19)11-6-5-9(2)7-10(11)3/h5-8,19,21H,4H2,1-3H3,(H2,18,22)/b12-8?,15-14+. The molecule has 7 heteroatoms. The molecule has 0 aliphatic carbocycles. The Hall–Kier alpha value is -3.09. The lowest BCUT2D eigenvalue weighted by Gasteiger charge is -2.07. The molecule has 0 saturated carbocycles. The maximum atomic E-state index is 12.0. The summed E-state index contributed by atoms with van der Waals surface area (Å²) < 4.78 is 4.57. The predicted molar refractivity (Wildman–Crippen MR) is 87.0 cm³/mol. The number of carbonyl (C=O) groups is 3. The van der Waals surface area contributed by atoms with E-state index in [0.29, 0.717) is 17.2 Å². The Balaban J connectivity index is 3.25. The minimum atomic E-state index is -1.31. The van der Waals surface area contributed by atoms with Gasteiger partial charge < -0.3 is 20.7 Å². The lowest BCUT2D eigenvalue weighted by molar-refractivity contribution is -0.140. The molecule has 0 heterocycles. The first-order valence-corrected chi connectivity index (χ1v) is 7.11. The minimum Gasteiger partial charge on any atom is -0.507 e. The van der Waals surface area contributed by atoms with Crippen LogP contribution in [0.25, 0.3) is 5.76 Å². The number of benzene rings is 1. The highest BCUT2D eigenvalue weighted by Gasteiger charge is 2.26. The van der Waals surface area contributed by atoms with Gasteiger partial charge in [0.25, 0.3) is 5.91 Å². The van der Waals surface area contributed by atoms with Gasteiger partial charge in [0.05, 0.1) is 6.61 Å². The highest BCUT2D eigenvalue weighted by atomic mass is 16.5. The minimum absolute atomic E-state index is 0.0687. The predicted octanol–water partition coefficient (Wildman–Crippen LogP) is 1.63. The third kappa shape index (κ3) is 4.45. The number of ketones is 1. The normalized spacial score (nSPS) is 12.4. The van der Waals surface area contributed by atoms with Crippen molar-refractivity contribution in [2.75, 3.05) is 6.61 Å². The van der Waals surface area contributed by atoms with E-state index in [-0.39, 0.29) is 6.61 Å². The van der Waals surface area contributed by atoms with Gasteiger partial charge in [-0.25, -0.2) is 4.79 Å². The molecule has 0 aliphatic rings. The molecule has 1 aromatic carbocycles. The number of hydrogen-bond donors (Lipinski definition) is 3. The van der Waals surface area contributed by atoms with Crippen LogP contribution < -0.4 is 5.73 Å². The first-order chi connectivity index (χ1) is 11.2. The van der Waals surface area contributed by atoms with Gasteiger partial charge in [-0.15, -0.1) is 0 Å². The SMILES string of the molecule is CCOC(=O)/C(C(N)=O)=C(/O)C(=O)C=C(O)c1ccc(C)cc1C. The van der Waals surface area contributed by atoms with Crippen molar-refractivity contribution in [3.05, 3.63) is 52.3 Å². The maximum Gasteiger partial charge on any atom is 0.347 e. The van der Waals surface area contributed by atoms with Crippen LogP contribution in [0.15, 0.2) is 35.6 Å². The molecule has 0 atom stereocenters. The smallest absolute Gasteiger partial charge is 0.347 e. The van der Waals surface area contributed by atoms with Crippen molar-refractivity contribution in [2.45, 2.75) is 20.8 Å². The van der Waals surface area contributed by atoms with Crippen LogP contribution in [0.1, 0.15) is 23.6 Å². The van der Waals surface area contributed by atoms with Gasteiger partial charge in [-0.2, -0.15) is 0 Å². The third-order valence-electron chi connectivity index (χ3n) is 3.12. The summed E-state index contributed by atoms with van der Waals surface area (Å²) in [6, 6.07) is 5.14. The summed E-state index contributed by atoms with van der Waals surface area (Å²) in [6.45, 7) is 5.03. The van der Waals surface area contributed by atoms with Gasteiger partial charge >= 0.3 is 5.97 Å². The summed E-state index contributed by atoms with van der Waals surface area (Å²) in [5.41, 5.74) is 6.08. The zero-order valence-corrected chi connectivity index (χ0v) is 13.6. The molecule has 4 N–H and O–H groups in total. The number of rotatable bonds is 6. The molecule has 0 aromatic heterocycles. The number of ether oxygens (including phenoxy) is 1. The number of aryl methyl sites for hydroxylation is 2. The van der Waals surface area contributed by atoms with E-state index in [2.05, 4.69) is 4.74 Å². The van der Waals surface area contributed by atoms with Crippen LogP contribution in [-0.2, 0) is 19.1 Å². The van der Waals surface area contributed by atoms with E-state index >= 15 is 0 Å². The van der Waals surface area contributed by atoms with Crippen molar-refractivity contribution in [1.82, 2.24) is 0 Å². The van der Waals surface area contributed by atoms with Crippen molar-refractivity contribution in [3.63, 3.8) is 0 Å². The molecule has 0 fully saturated rings. The molecule has 24 heavy (non-hydrogen) atoms. The topological polar surface area (TPSA) is 127 Å². The van der Waals surface area contributed by atoms with Gasteiger partial charge in [-0.1, -0.05) is 23.8 Å². The fourth-order valence-corrected chi connectivity index (χ4v) is 2.01. The average Bonchev–Trinajstić information content (AvgIpc) is 2.46. The summed E-state index contributed by atoms with van der Waals surface area (Å²) in [5, 5.41) is 19.9. The second-order valence-electron chi connectivity index (χ2n) is 5.02. The van der Waals surface area contributed by atoms with Gasteiger partial charge in [0.1, 0.15) is 5.76 Å². The van der Waals surface area contributed by atoms with Crippen LogP contribution in [0.5, 0.6) is 0 Å². The molecule has 1 aromatic rings. The van der Waals surface area contributed by atoms with Crippen molar-refractivity contribution < 1.29 is 29.3 Å². The second kappa shape index (κ2) is 7.96. The van der Waals surface area contributed by atoms with Crippen LogP contribution in [0.4, 0.5) is 0 Å². The van der Waals surface area contributed by atoms with Gasteiger partial charge in [-0.3, -0.25) is 9.59 Å². The van der Waals surface area contributed by atoms with E-state index < -0.39 is 34.8 Å². The molecule has 0 saturated heterocycles. The van der Waals surface area contributed by atoms with Gasteiger partial charge in [0.15, 0.2) is 11.3 Å². The number of allylic oxidation sites excluding steroid dienone is 1. The maximum absolute atomic E-state index is 12.0. The Kier molecular flexibility index (Phi) is 6.29. The summed E-state index contributed by atoms with van der Waals surface area (Å²) in [6.07, 6.45) is 0.704. The van der Waals surface area contributed by atoms with Crippen molar-refractivity contribution in [3.8, 4) is 0 Å².